The molecule has 0 saturated carbocycles. The molecule has 0 aliphatic carbocycles. The molecular formula is C15H18N4O4. The number of carboxylic acid groups (broad SMARTS) is 1. The van der Waals surface area contributed by atoms with Crippen LogP contribution in [0.15, 0.2) is 36.7 Å². The van der Waals surface area contributed by atoms with Crippen LogP contribution in [0.4, 0.5) is 0 Å². The summed E-state index contributed by atoms with van der Waals surface area (Å²) in [7, 11) is 1.58. The lowest BCUT2D eigenvalue weighted by molar-refractivity contribution is -0.137. The van der Waals surface area contributed by atoms with E-state index in [1.54, 1.807) is 48.5 Å². The minimum absolute atomic E-state index is 0.215. The number of aromatic nitrogens is 3. The van der Waals surface area contributed by atoms with Gasteiger partial charge in [-0.3, -0.25) is 19.3 Å². The molecule has 0 aliphatic rings. The van der Waals surface area contributed by atoms with Crippen molar-refractivity contribution in [3.8, 4) is 0 Å². The van der Waals surface area contributed by atoms with E-state index in [2.05, 4.69) is 15.4 Å². The Kier molecular flexibility index (Phi) is 5.81. The van der Waals surface area contributed by atoms with Gasteiger partial charge in [-0.05, 0) is 18.2 Å². The second-order valence-electron chi connectivity index (χ2n) is 4.84. The van der Waals surface area contributed by atoms with Gasteiger partial charge in [0.25, 0.3) is 5.91 Å². The Hall–Kier alpha value is -2.74. The molecule has 8 nitrogen and oxygen atoms in total. The van der Waals surface area contributed by atoms with Gasteiger partial charge in [-0.25, -0.2) is 0 Å². The Labute approximate surface area is 133 Å². The Bertz CT molecular complexity index is 657. The van der Waals surface area contributed by atoms with Crippen molar-refractivity contribution in [3.05, 3.63) is 48.0 Å². The van der Waals surface area contributed by atoms with Crippen molar-refractivity contribution in [2.75, 3.05) is 13.7 Å². The van der Waals surface area contributed by atoms with E-state index in [4.69, 9.17) is 9.84 Å². The van der Waals surface area contributed by atoms with Gasteiger partial charge in [-0.15, -0.1) is 0 Å². The molecule has 1 unspecified atom stereocenters. The number of methoxy groups -OCH3 is 1. The van der Waals surface area contributed by atoms with Crippen LogP contribution in [-0.4, -0.2) is 45.5 Å². The van der Waals surface area contributed by atoms with Crippen LogP contribution in [0.5, 0.6) is 0 Å². The largest absolute Gasteiger partial charge is 0.481 e. The van der Waals surface area contributed by atoms with Crippen LogP contribution in [-0.2, 0) is 16.1 Å². The Balaban J connectivity index is 2.08. The maximum Gasteiger partial charge on any atom is 0.305 e. The van der Waals surface area contributed by atoms with E-state index >= 15 is 0 Å². The highest BCUT2D eigenvalue weighted by Gasteiger charge is 2.21. The van der Waals surface area contributed by atoms with Crippen LogP contribution >= 0.6 is 0 Å². The van der Waals surface area contributed by atoms with Gasteiger partial charge in [0.2, 0.25) is 0 Å². The third-order valence-corrected chi connectivity index (χ3v) is 3.13. The number of nitrogens with zero attached hydrogens (tertiary/aromatic N) is 3. The van der Waals surface area contributed by atoms with E-state index in [9.17, 15) is 9.59 Å². The number of aliphatic carboxylic acids is 1. The van der Waals surface area contributed by atoms with Gasteiger partial charge < -0.3 is 15.2 Å². The van der Waals surface area contributed by atoms with Crippen molar-refractivity contribution in [2.45, 2.75) is 19.0 Å². The topological polar surface area (TPSA) is 106 Å². The van der Waals surface area contributed by atoms with E-state index in [1.807, 2.05) is 0 Å². The maximum absolute atomic E-state index is 12.3. The summed E-state index contributed by atoms with van der Waals surface area (Å²) < 4.78 is 6.54. The quantitative estimate of drug-likeness (QED) is 0.748. The number of hydrogen-bond acceptors (Lipinski definition) is 5. The summed E-state index contributed by atoms with van der Waals surface area (Å²) in [4.78, 5) is 27.4. The fraction of sp³-hybridized carbons (Fsp3) is 0.333. The molecule has 2 N–H and O–H groups in total. The molecule has 0 radical (unpaired) electrons. The highest BCUT2D eigenvalue weighted by molar-refractivity contribution is 5.92. The monoisotopic (exact) mass is 318 g/mol. The summed E-state index contributed by atoms with van der Waals surface area (Å²) >= 11 is 0. The fourth-order valence-electron chi connectivity index (χ4n) is 2.01. The van der Waals surface area contributed by atoms with Gasteiger partial charge in [0.15, 0.2) is 0 Å². The lowest BCUT2D eigenvalue weighted by Crippen LogP contribution is -2.31. The molecule has 2 aromatic rings. The third kappa shape index (κ3) is 4.89. The Morgan fingerprint density at radius 1 is 1.39 bits per heavy atom. The van der Waals surface area contributed by atoms with E-state index in [1.165, 1.54) is 0 Å². The summed E-state index contributed by atoms with van der Waals surface area (Å²) in [6.45, 7) is 1.01. The highest BCUT2D eigenvalue weighted by Crippen LogP contribution is 2.14. The summed E-state index contributed by atoms with van der Waals surface area (Å²) in [6, 6.07) is 5.99. The van der Waals surface area contributed by atoms with Gasteiger partial charge in [0.05, 0.1) is 31.3 Å². The number of pyridine rings is 1. The minimum atomic E-state index is -1.02. The first-order valence-corrected chi connectivity index (χ1v) is 7.06. The number of hydrogen-bond donors (Lipinski definition) is 2. The fourth-order valence-corrected chi connectivity index (χ4v) is 2.01. The standard InChI is InChI=1S/C15H18N4O4/c1-23-9-8-19-7-5-12(18-19)15(22)17-13(10-14(20)21)11-4-2-3-6-16-11/h2-7,13H,8-10H2,1H3,(H,17,22)(H,20,21). The zero-order chi connectivity index (χ0) is 16.7. The molecule has 0 bridgehead atoms. The zero-order valence-electron chi connectivity index (χ0n) is 12.7. The maximum atomic E-state index is 12.3. The van der Waals surface area contributed by atoms with Crippen molar-refractivity contribution in [1.82, 2.24) is 20.1 Å². The Morgan fingerprint density at radius 3 is 2.87 bits per heavy atom. The molecular weight excluding hydrogens is 300 g/mol. The summed E-state index contributed by atoms with van der Waals surface area (Å²) in [5.74, 6) is -1.47. The molecule has 0 aliphatic heterocycles. The molecule has 2 aromatic heterocycles. The zero-order valence-corrected chi connectivity index (χ0v) is 12.7. The van der Waals surface area contributed by atoms with Gasteiger partial charge in [-0.1, -0.05) is 6.07 Å². The molecule has 2 rings (SSSR count). The Morgan fingerprint density at radius 2 is 2.22 bits per heavy atom. The van der Waals surface area contributed by atoms with Crippen LogP contribution in [0.1, 0.15) is 28.6 Å². The lowest BCUT2D eigenvalue weighted by Gasteiger charge is -2.15. The van der Waals surface area contributed by atoms with Crippen molar-refractivity contribution in [1.29, 1.82) is 0 Å². The second kappa shape index (κ2) is 8.04. The minimum Gasteiger partial charge on any atom is -0.481 e. The lowest BCUT2D eigenvalue weighted by atomic mass is 10.1. The first kappa shape index (κ1) is 16.6. The molecule has 0 aromatic carbocycles. The first-order chi connectivity index (χ1) is 11.1. The van der Waals surface area contributed by atoms with E-state index < -0.39 is 17.9 Å². The molecule has 1 atom stereocenters. The molecule has 0 fully saturated rings. The smallest absolute Gasteiger partial charge is 0.305 e. The van der Waals surface area contributed by atoms with Crippen LogP contribution in [0.25, 0.3) is 0 Å². The number of rotatable bonds is 8. The average molecular weight is 318 g/mol. The molecule has 122 valence electrons. The van der Waals surface area contributed by atoms with Crippen LogP contribution in [0, 0.1) is 0 Å². The van der Waals surface area contributed by atoms with Crippen LogP contribution < -0.4 is 5.32 Å². The number of carboxylic acids is 1. The highest BCUT2D eigenvalue weighted by atomic mass is 16.5. The van der Waals surface area contributed by atoms with E-state index in [-0.39, 0.29) is 12.1 Å². The predicted molar refractivity (Wildman–Crippen MR) is 80.8 cm³/mol. The van der Waals surface area contributed by atoms with E-state index in [0.29, 0.717) is 18.8 Å². The number of nitrogens with one attached hydrogen (secondary N) is 1. The SMILES string of the molecule is COCCn1ccc(C(=O)NC(CC(=O)O)c2ccccn2)n1. The van der Waals surface area contributed by atoms with Gasteiger partial charge >= 0.3 is 5.97 Å². The average Bonchev–Trinajstić information content (AvgIpc) is 3.01. The van der Waals surface area contributed by atoms with Gasteiger partial charge in [0, 0.05) is 19.5 Å². The van der Waals surface area contributed by atoms with Gasteiger partial charge in [-0.2, -0.15) is 5.10 Å². The predicted octanol–water partition coefficient (Wildman–Crippen LogP) is 0.870. The van der Waals surface area contributed by atoms with Gasteiger partial charge in [0.1, 0.15) is 5.69 Å². The number of amides is 1. The summed E-state index contributed by atoms with van der Waals surface area (Å²) in [5, 5.41) is 15.8. The molecule has 0 saturated heterocycles. The first-order valence-electron chi connectivity index (χ1n) is 7.06. The number of carbonyl (C=O) groups is 2. The molecule has 0 spiro atoms. The van der Waals surface area contributed by atoms with Crippen LogP contribution in [0.2, 0.25) is 0 Å². The number of ether oxygens (including phenoxy) is 1. The van der Waals surface area contributed by atoms with Crippen molar-refractivity contribution < 1.29 is 19.4 Å². The van der Waals surface area contributed by atoms with Crippen LogP contribution in [0.3, 0.4) is 0 Å². The molecule has 8 heteroatoms. The molecule has 23 heavy (non-hydrogen) atoms. The second-order valence-corrected chi connectivity index (χ2v) is 4.84. The van der Waals surface area contributed by atoms with Crippen molar-refractivity contribution >= 4 is 11.9 Å². The summed E-state index contributed by atoms with van der Waals surface area (Å²) in [5.41, 5.74) is 0.703. The van der Waals surface area contributed by atoms with E-state index in [0.717, 1.165) is 0 Å². The summed E-state index contributed by atoms with van der Waals surface area (Å²) in [6.07, 6.45) is 2.96. The van der Waals surface area contributed by atoms with Crippen molar-refractivity contribution in [3.63, 3.8) is 0 Å². The normalized spacial score (nSPS) is 11.9. The number of carbonyl (C=O) groups excluding carboxylic acids is 1. The molecule has 2 heterocycles. The van der Waals surface area contributed by atoms with Crippen molar-refractivity contribution in [2.24, 2.45) is 0 Å². The molecule has 1 amide bonds. The third-order valence-electron chi connectivity index (χ3n) is 3.13.